The second kappa shape index (κ2) is 8.11. The maximum atomic E-state index is 14.2. The van der Waals surface area contributed by atoms with Crippen molar-refractivity contribution in [2.45, 2.75) is 18.0 Å². The summed E-state index contributed by atoms with van der Waals surface area (Å²) in [4.78, 5) is 21.8. The minimum Gasteiger partial charge on any atom is -0.319 e. The fourth-order valence-electron chi connectivity index (χ4n) is 2.40. The fraction of sp³-hybridized carbons (Fsp3) is 0.188. The molecule has 0 saturated carbocycles. The minimum absolute atomic E-state index is 0.0617. The maximum absolute atomic E-state index is 14.2. The molecule has 0 bridgehead atoms. The zero-order valence-corrected chi connectivity index (χ0v) is 15.9. The number of hydrogen-bond acceptors (Lipinski definition) is 3. The molecular formula is C16H6Cl2F8N2O3. The van der Waals surface area contributed by atoms with Gasteiger partial charge in [0.25, 0.3) is 5.91 Å². The summed E-state index contributed by atoms with van der Waals surface area (Å²) in [5, 5.41) is 10.4. The lowest BCUT2D eigenvalue weighted by Crippen LogP contribution is -2.50. The summed E-state index contributed by atoms with van der Waals surface area (Å²) < 4.78 is 106. The Balaban J connectivity index is 2.52. The van der Waals surface area contributed by atoms with E-state index in [1.807, 2.05) is 5.32 Å². The molecule has 15 heteroatoms. The molecule has 31 heavy (non-hydrogen) atoms. The summed E-state index contributed by atoms with van der Waals surface area (Å²) in [7, 11) is 0. The quantitative estimate of drug-likeness (QED) is 0.295. The molecule has 2 rings (SSSR count). The number of alkyl halides is 7. The van der Waals surface area contributed by atoms with Crippen LogP contribution in [0.4, 0.5) is 46.5 Å². The average Bonchev–Trinajstić information content (AvgIpc) is 2.61. The summed E-state index contributed by atoms with van der Waals surface area (Å²) in [6.45, 7) is 0. The lowest BCUT2D eigenvalue weighted by Gasteiger charge is -2.30. The van der Waals surface area contributed by atoms with E-state index in [4.69, 9.17) is 23.2 Å². The summed E-state index contributed by atoms with van der Waals surface area (Å²) >= 11 is 11.2. The Morgan fingerprint density at radius 1 is 0.968 bits per heavy atom. The SMILES string of the molecule is O=C(Nc1c(Cl)cc(C(F)(C(F)(F)F)C(F)(F)F)cc1Cl)c1cccc([N+](=O)[O-])c1F. The van der Waals surface area contributed by atoms with Gasteiger partial charge in [-0.25, -0.2) is 4.39 Å². The molecule has 0 heterocycles. The molecule has 5 nitrogen and oxygen atoms in total. The van der Waals surface area contributed by atoms with Gasteiger partial charge < -0.3 is 5.32 Å². The zero-order chi connectivity index (χ0) is 23.9. The molecule has 2 aromatic rings. The number of hydrogen-bond donors (Lipinski definition) is 1. The third-order valence-electron chi connectivity index (χ3n) is 3.88. The number of halogens is 10. The highest BCUT2D eigenvalue weighted by atomic mass is 35.5. The van der Waals surface area contributed by atoms with Crippen molar-refractivity contribution in [1.82, 2.24) is 0 Å². The molecule has 0 saturated heterocycles. The molecule has 168 valence electrons. The summed E-state index contributed by atoms with van der Waals surface area (Å²) in [6, 6.07) is 2.35. The Morgan fingerprint density at radius 3 is 1.87 bits per heavy atom. The van der Waals surface area contributed by atoms with Gasteiger partial charge in [-0.2, -0.15) is 30.7 Å². The maximum Gasteiger partial charge on any atom is 0.435 e. The van der Waals surface area contributed by atoms with Crippen LogP contribution in [0.5, 0.6) is 0 Å². The highest BCUT2D eigenvalue weighted by Gasteiger charge is 2.73. The van der Waals surface area contributed by atoms with Gasteiger partial charge in [0, 0.05) is 11.6 Å². The normalized spacial score (nSPS) is 12.6. The van der Waals surface area contributed by atoms with Crippen molar-refractivity contribution >= 4 is 40.5 Å². The number of nitrogens with one attached hydrogen (secondary N) is 1. The Bertz CT molecular complexity index is 1020. The van der Waals surface area contributed by atoms with Crippen LogP contribution in [0, 0.1) is 15.9 Å². The lowest BCUT2D eigenvalue weighted by atomic mass is 9.94. The number of carbonyl (C=O) groups excluding carboxylic acids is 1. The van der Waals surface area contributed by atoms with Crippen molar-refractivity contribution < 1.29 is 44.8 Å². The first-order chi connectivity index (χ1) is 14.0. The predicted molar refractivity (Wildman–Crippen MR) is 92.4 cm³/mol. The van der Waals surface area contributed by atoms with Crippen molar-refractivity contribution in [3.63, 3.8) is 0 Å². The van der Waals surface area contributed by atoms with Crippen LogP contribution in [0.15, 0.2) is 30.3 Å². The fourth-order valence-corrected chi connectivity index (χ4v) is 2.98. The monoisotopic (exact) mass is 496 g/mol. The molecule has 1 N–H and O–H groups in total. The standard InChI is InChI=1S/C16H6Cl2F8N2O3/c17-8-4-6(14(20,15(21,22)23)16(24,25)26)5-9(18)12(8)27-13(29)7-2-1-3-10(11(7)19)28(30)31/h1-5H,(H,27,29). The van der Waals surface area contributed by atoms with Crippen LogP contribution in [-0.4, -0.2) is 23.2 Å². The number of rotatable bonds is 4. The number of carbonyl (C=O) groups is 1. The molecule has 0 aliphatic carbocycles. The summed E-state index contributed by atoms with van der Waals surface area (Å²) in [5.41, 5.74) is -10.6. The van der Waals surface area contributed by atoms with E-state index in [0.29, 0.717) is 0 Å². The Labute approximate surface area is 176 Å². The van der Waals surface area contributed by atoms with E-state index >= 15 is 0 Å². The third kappa shape index (κ3) is 4.37. The lowest BCUT2D eigenvalue weighted by molar-refractivity contribution is -0.387. The van der Waals surface area contributed by atoms with Crippen LogP contribution in [0.2, 0.25) is 10.0 Å². The topological polar surface area (TPSA) is 72.2 Å². The molecule has 1 amide bonds. The van der Waals surface area contributed by atoms with Crippen molar-refractivity contribution in [3.8, 4) is 0 Å². The zero-order valence-electron chi connectivity index (χ0n) is 14.3. The van der Waals surface area contributed by atoms with Crippen LogP contribution in [0.3, 0.4) is 0 Å². The van der Waals surface area contributed by atoms with Gasteiger partial charge in [-0.1, -0.05) is 29.3 Å². The Kier molecular flexibility index (Phi) is 6.44. The van der Waals surface area contributed by atoms with Crippen LogP contribution in [0.25, 0.3) is 0 Å². The van der Waals surface area contributed by atoms with Crippen LogP contribution in [-0.2, 0) is 5.67 Å². The largest absolute Gasteiger partial charge is 0.435 e. The molecule has 0 radical (unpaired) electrons. The van der Waals surface area contributed by atoms with Gasteiger partial charge >= 0.3 is 23.7 Å². The number of amides is 1. The summed E-state index contributed by atoms with van der Waals surface area (Å²) in [6.07, 6.45) is -12.9. The van der Waals surface area contributed by atoms with Gasteiger partial charge in [0.1, 0.15) is 0 Å². The van der Waals surface area contributed by atoms with Gasteiger partial charge in [-0.3, -0.25) is 14.9 Å². The average molecular weight is 497 g/mol. The second-order valence-electron chi connectivity index (χ2n) is 5.82. The van der Waals surface area contributed by atoms with E-state index in [1.165, 1.54) is 0 Å². The highest BCUT2D eigenvalue weighted by molar-refractivity contribution is 6.40. The van der Waals surface area contributed by atoms with Gasteiger partial charge in [0.05, 0.1) is 26.2 Å². The van der Waals surface area contributed by atoms with E-state index in [0.717, 1.165) is 18.2 Å². The van der Waals surface area contributed by atoms with Gasteiger partial charge in [0.2, 0.25) is 5.82 Å². The van der Waals surface area contributed by atoms with E-state index in [-0.39, 0.29) is 12.1 Å². The number of nitro groups is 1. The Morgan fingerprint density at radius 2 is 1.45 bits per heavy atom. The summed E-state index contributed by atoms with van der Waals surface area (Å²) in [5.74, 6) is -3.00. The van der Waals surface area contributed by atoms with Crippen LogP contribution >= 0.6 is 23.2 Å². The number of benzene rings is 2. The number of nitrogens with zero attached hydrogens (tertiary/aromatic N) is 1. The molecule has 2 aromatic carbocycles. The minimum atomic E-state index is -6.44. The van der Waals surface area contributed by atoms with Gasteiger partial charge in [0.15, 0.2) is 0 Å². The van der Waals surface area contributed by atoms with Crippen molar-refractivity contribution in [2.24, 2.45) is 0 Å². The van der Waals surface area contributed by atoms with E-state index in [9.17, 15) is 50.0 Å². The molecule has 0 aromatic heterocycles. The van der Waals surface area contributed by atoms with Crippen molar-refractivity contribution in [3.05, 3.63) is 67.4 Å². The third-order valence-corrected chi connectivity index (χ3v) is 4.48. The first-order valence-electron chi connectivity index (χ1n) is 7.58. The molecule has 0 aliphatic heterocycles. The van der Waals surface area contributed by atoms with E-state index in [1.54, 1.807) is 0 Å². The van der Waals surface area contributed by atoms with Gasteiger partial charge in [-0.05, 0) is 18.2 Å². The second-order valence-corrected chi connectivity index (χ2v) is 6.63. The van der Waals surface area contributed by atoms with E-state index < -0.39 is 67.2 Å². The van der Waals surface area contributed by atoms with Gasteiger partial charge in [-0.15, -0.1) is 0 Å². The Hall–Kier alpha value is -2.67. The first-order valence-corrected chi connectivity index (χ1v) is 8.34. The van der Waals surface area contributed by atoms with Crippen molar-refractivity contribution in [1.29, 1.82) is 0 Å². The molecule has 0 spiro atoms. The predicted octanol–water partition coefficient (Wildman–Crippen LogP) is 6.58. The molecule has 0 atom stereocenters. The van der Waals surface area contributed by atoms with Crippen LogP contribution < -0.4 is 5.32 Å². The van der Waals surface area contributed by atoms with Crippen LogP contribution in [0.1, 0.15) is 15.9 Å². The molecule has 0 fully saturated rings. The molecule has 0 aliphatic rings. The van der Waals surface area contributed by atoms with Crippen molar-refractivity contribution in [2.75, 3.05) is 5.32 Å². The first kappa shape index (κ1) is 24.6. The molecular weight excluding hydrogens is 491 g/mol. The number of nitro benzene ring substituents is 1. The van der Waals surface area contributed by atoms with E-state index in [2.05, 4.69) is 0 Å². The highest BCUT2D eigenvalue weighted by Crippen LogP contribution is 2.54. The smallest absolute Gasteiger partial charge is 0.319 e. The number of anilines is 1. The molecule has 0 unspecified atom stereocenters.